The highest BCUT2D eigenvalue weighted by atomic mass is 16.4. The van der Waals surface area contributed by atoms with Gasteiger partial charge in [-0.3, -0.25) is 4.98 Å². The summed E-state index contributed by atoms with van der Waals surface area (Å²) in [6.45, 7) is 2.93. The maximum atomic E-state index is 11.0. The molecule has 0 unspecified atom stereocenters. The minimum absolute atomic E-state index is 0.0100. The van der Waals surface area contributed by atoms with Crippen LogP contribution in [0.5, 0.6) is 0 Å². The number of aromatic amines is 2. The Labute approximate surface area is 92.3 Å². The molecule has 0 bridgehead atoms. The van der Waals surface area contributed by atoms with Crippen molar-refractivity contribution in [3.63, 3.8) is 0 Å². The van der Waals surface area contributed by atoms with Crippen LogP contribution in [0.2, 0.25) is 0 Å². The summed E-state index contributed by atoms with van der Waals surface area (Å²) in [5.74, 6) is -1.09. The summed E-state index contributed by atoms with van der Waals surface area (Å²) in [5.41, 5.74) is 0.0300. The molecular formula is C10H15N3O3. The zero-order valence-electron chi connectivity index (χ0n) is 8.95. The largest absolute Gasteiger partial charge is 0.477 e. The molecule has 6 nitrogen and oxygen atoms in total. The molecule has 0 aromatic carbocycles. The Kier molecular flexibility index (Phi) is 3.09. The molecule has 1 aliphatic rings. The molecule has 16 heavy (non-hydrogen) atoms. The van der Waals surface area contributed by atoms with Crippen molar-refractivity contribution in [2.24, 2.45) is 0 Å². The van der Waals surface area contributed by atoms with Gasteiger partial charge in [0.2, 0.25) is 0 Å². The van der Waals surface area contributed by atoms with Gasteiger partial charge in [0.15, 0.2) is 0 Å². The van der Waals surface area contributed by atoms with Crippen molar-refractivity contribution >= 4 is 5.97 Å². The lowest BCUT2D eigenvalue weighted by molar-refractivity contribution is 0.0689. The standard InChI is InChI=1S/C10H15N3O3/c14-9(15)8-7(11-10(16)12-8)3-6-13-4-1-2-5-13/h1-6H2,(H,14,15)(H2,11,12,16). The lowest BCUT2D eigenvalue weighted by Crippen LogP contribution is -2.22. The number of hydrogen-bond acceptors (Lipinski definition) is 3. The quantitative estimate of drug-likeness (QED) is 0.675. The summed E-state index contributed by atoms with van der Waals surface area (Å²) < 4.78 is 0. The first-order chi connectivity index (χ1) is 7.66. The molecule has 2 rings (SSSR count). The number of carboxylic acid groups (broad SMARTS) is 1. The summed E-state index contributed by atoms with van der Waals surface area (Å²) in [4.78, 5) is 28.9. The van der Waals surface area contributed by atoms with Gasteiger partial charge in [0.05, 0.1) is 5.69 Å². The summed E-state index contributed by atoms with van der Waals surface area (Å²) in [5, 5.41) is 8.87. The van der Waals surface area contributed by atoms with E-state index in [1.165, 1.54) is 12.8 Å². The van der Waals surface area contributed by atoms with E-state index in [1.807, 2.05) is 0 Å². The van der Waals surface area contributed by atoms with Gasteiger partial charge < -0.3 is 15.0 Å². The van der Waals surface area contributed by atoms with Gasteiger partial charge in [-0.2, -0.15) is 0 Å². The maximum absolute atomic E-state index is 11.0. The molecule has 6 heteroatoms. The zero-order chi connectivity index (χ0) is 11.5. The third-order valence-electron chi connectivity index (χ3n) is 2.90. The molecule has 1 aromatic rings. The Morgan fingerprint density at radius 3 is 2.62 bits per heavy atom. The van der Waals surface area contributed by atoms with E-state index in [4.69, 9.17) is 5.11 Å². The lowest BCUT2D eigenvalue weighted by Gasteiger charge is -2.13. The van der Waals surface area contributed by atoms with Gasteiger partial charge >= 0.3 is 11.7 Å². The Bertz CT molecular complexity index is 429. The second-order valence-corrected chi connectivity index (χ2v) is 4.04. The first-order valence-corrected chi connectivity index (χ1v) is 5.43. The van der Waals surface area contributed by atoms with Crippen LogP contribution in [0.1, 0.15) is 29.0 Å². The van der Waals surface area contributed by atoms with Crippen LogP contribution >= 0.6 is 0 Å². The van der Waals surface area contributed by atoms with Crippen molar-refractivity contribution in [2.75, 3.05) is 19.6 Å². The van der Waals surface area contributed by atoms with Crippen LogP contribution in [0.3, 0.4) is 0 Å². The fourth-order valence-electron chi connectivity index (χ4n) is 2.07. The number of carboxylic acids is 1. The molecule has 2 heterocycles. The zero-order valence-corrected chi connectivity index (χ0v) is 8.95. The molecule has 1 fully saturated rings. The Morgan fingerprint density at radius 1 is 1.31 bits per heavy atom. The average Bonchev–Trinajstić information content (AvgIpc) is 2.83. The van der Waals surface area contributed by atoms with Crippen LogP contribution in [0.4, 0.5) is 0 Å². The van der Waals surface area contributed by atoms with E-state index in [1.54, 1.807) is 0 Å². The van der Waals surface area contributed by atoms with Gasteiger partial charge in [-0.1, -0.05) is 0 Å². The predicted molar refractivity (Wildman–Crippen MR) is 57.8 cm³/mol. The van der Waals surface area contributed by atoms with Crippen molar-refractivity contribution in [2.45, 2.75) is 19.3 Å². The lowest BCUT2D eigenvalue weighted by atomic mass is 10.2. The van der Waals surface area contributed by atoms with Crippen molar-refractivity contribution in [3.8, 4) is 0 Å². The van der Waals surface area contributed by atoms with Gasteiger partial charge in [0, 0.05) is 13.0 Å². The van der Waals surface area contributed by atoms with Crippen LogP contribution in [0, 0.1) is 0 Å². The molecule has 3 N–H and O–H groups in total. The van der Waals surface area contributed by atoms with E-state index in [-0.39, 0.29) is 5.69 Å². The number of aromatic nitrogens is 2. The van der Waals surface area contributed by atoms with Crippen LogP contribution in [0.15, 0.2) is 4.79 Å². The predicted octanol–water partition coefficient (Wildman–Crippen LogP) is 0.0395. The van der Waals surface area contributed by atoms with Crippen LogP contribution < -0.4 is 5.69 Å². The third kappa shape index (κ3) is 2.33. The molecule has 0 spiro atoms. The number of H-pyrrole nitrogens is 2. The van der Waals surface area contributed by atoms with Crippen LogP contribution in [-0.4, -0.2) is 45.6 Å². The second kappa shape index (κ2) is 4.52. The van der Waals surface area contributed by atoms with Gasteiger partial charge in [-0.05, 0) is 25.9 Å². The third-order valence-corrected chi connectivity index (χ3v) is 2.90. The fraction of sp³-hybridized carbons (Fsp3) is 0.600. The van der Waals surface area contributed by atoms with Crippen molar-refractivity contribution in [3.05, 3.63) is 21.9 Å². The number of nitrogens with one attached hydrogen (secondary N) is 2. The fourth-order valence-corrected chi connectivity index (χ4v) is 2.07. The highest BCUT2D eigenvalue weighted by molar-refractivity contribution is 5.86. The molecule has 88 valence electrons. The highest BCUT2D eigenvalue weighted by Gasteiger charge is 2.16. The van der Waals surface area contributed by atoms with E-state index in [0.29, 0.717) is 12.1 Å². The van der Waals surface area contributed by atoms with Crippen molar-refractivity contribution in [1.82, 2.24) is 14.9 Å². The number of imidazole rings is 1. The SMILES string of the molecule is O=C(O)c1[nH]c(=O)[nH]c1CCN1CCCC1. The van der Waals surface area contributed by atoms with Gasteiger partial charge in [-0.25, -0.2) is 9.59 Å². The number of aromatic carboxylic acids is 1. The molecule has 0 amide bonds. The van der Waals surface area contributed by atoms with E-state index in [0.717, 1.165) is 19.6 Å². The Balaban J connectivity index is 2.02. The number of hydrogen-bond donors (Lipinski definition) is 3. The Morgan fingerprint density at radius 2 is 2.00 bits per heavy atom. The first-order valence-electron chi connectivity index (χ1n) is 5.43. The number of rotatable bonds is 4. The molecule has 1 aliphatic heterocycles. The molecule has 0 atom stereocenters. The molecule has 0 saturated carbocycles. The molecular weight excluding hydrogens is 210 g/mol. The van der Waals surface area contributed by atoms with Crippen LogP contribution in [-0.2, 0) is 6.42 Å². The van der Waals surface area contributed by atoms with E-state index in [2.05, 4.69) is 14.9 Å². The number of carbonyl (C=O) groups is 1. The van der Waals surface area contributed by atoms with Gasteiger partial charge in [0.1, 0.15) is 5.69 Å². The van der Waals surface area contributed by atoms with Crippen molar-refractivity contribution in [1.29, 1.82) is 0 Å². The second-order valence-electron chi connectivity index (χ2n) is 4.04. The van der Waals surface area contributed by atoms with Gasteiger partial charge in [-0.15, -0.1) is 0 Å². The van der Waals surface area contributed by atoms with Gasteiger partial charge in [0.25, 0.3) is 0 Å². The topological polar surface area (TPSA) is 89.2 Å². The number of likely N-dealkylation sites (tertiary alicyclic amines) is 1. The Hall–Kier alpha value is -1.56. The average molecular weight is 225 g/mol. The minimum atomic E-state index is -1.09. The summed E-state index contributed by atoms with van der Waals surface area (Å²) in [7, 11) is 0. The molecule has 1 aromatic heterocycles. The molecule has 0 aliphatic carbocycles. The van der Waals surface area contributed by atoms with E-state index < -0.39 is 11.7 Å². The van der Waals surface area contributed by atoms with Crippen LogP contribution in [0.25, 0.3) is 0 Å². The number of nitrogens with zero attached hydrogens (tertiary/aromatic N) is 1. The summed E-state index contributed by atoms with van der Waals surface area (Å²) in [6, 6.07) is 0. The monoisotopic (exact) mass is 225 g/mol. The first kappa shape index (κ1) is 10.9. The summed E-state index contributed by atoms with van der Waals surface area (Å²) >= 11 is 0. The molecule has 1 saturated heterocycles. The smallest absolute Gasteiger partial charge is 0.354 e. The van der Waals surface area contributed by atoms with E-state index >= 15 is 0 Å². The summed E-state index contributed by atoms with van der Waals surface area (Å²) in [6.07, 6.45) is 2.98. The van der Waals surface area contributed by atoms with Crippen molar-refractivity contribution < 1.29 is 9.90 Å². The highest BCUT2D eigenvalue weighted by Crippen LogP contribution is 2.09. The maximum Gasteiger partial charge on any atom is 0.354 e. The van der Waals surface area contributed by atoms with E-state index in [9.17, 15) is 9.59 Å². The minimum Gasteiger partial charge on any atom is -0.477 e. The molecule has 0 radical (unpaired) electrons. The normalized spacial score (nSPS) is 16.8.